The number of ether oxygens (including phenoxy) is 2. The molecule has 1 N–H and O–H groups in total. The molecule has 6 nitrogen and oxygen atoms in total. The summed E-state index contributed by atoms with van der Waals surface area (Å²) in [7, 11) is 3.20. The highest BCUT2D eigenvalue weighted by atomic mass is 16.5. The van der Waals surface area contributed by atoms with Crippen LogP contribution in [0.15, 0.2) is 47.1 Å². The summed E-state index contributed by atoms with van der Waals surface area (Å²) in [6.07, 6.45) is 7.31. The Morgan fingerprint density at radius 2 is 2.07 bits per heavy atom. The van der Waals surface area contributed by atoms with Crippen LogP contribution in [0.25, 0.3) is 6.08 Å². The summed E-state index contributed by atoms with van der Waals surface area (Å²) in [5.41, 5.74) is 0.815. The number of amides is 1. The number of likely N-dealkylation sites (tertiary alicyclic amines) is 1. The van der Waals surface area contributed by atoms with Crippen LogP contribution in [0.5, 0.6) is 11.5 Å². The molecular formula is C21H26N2O4. The smallest absolute Gasteiger partial charge is 0.244 e. The van der Waals surface area contributed by atoms with Crippen LogP contribution in [0.2, 0.25) is 0 Å². The molecule has 3 rings (SSSR count). The van der Waals surface area contributed by atoms with Gasteiger partial charge in [0.15, 0.2) is 0 Å². The van der Waals surface area contributed by atoms with Crippen LogP contribution in [0.4, 0.5) is 0 Å². The van der Waals surface area contributed by atoms with Crippen LogP contribution < -0.4 is 14.8 Å². The third-order valence-corrected chi connectivity index (χ3v) is 4.78. The molecule has 2 aromatic rings. The highest BCUT2D eigenvalue weighted by Crippen LogP contribution is 2.26. The number of carbonyl (C=O) groups is 1. The Hall–Kier alpha value is -2.73. The first-order valence-corrected chi connectivity index (χ1v) is 9.16. The van der Waals surface area contributed by atoms with E-state index in [4.69, 9.17) is 13.9 Å². The van der Waals surface area contributed by atoms with Gasteiger partial charge in [-0.05, 0) is 56.3 Å². The van der Waals surface area contributed by atoms with E-state index in [1.165, 1.54) is 18.9 Å². The van der Waals surface area contributed by atoms with E-state index < -0.39 is 0 Å². The van der Waals surface area contributed by atoms with E-state index in [9.17, 15) is 4.79 Å². The molecule has 1 atom stereocenters. The van der Waals surface area contributed by atoms with Crippen LogP contribution in [0.1, 0.15) is 30.2 Å². The molecule has 1 aliphatic rings. The number of methoxy groups -OCH3 is 2. The largest absolute Gasteiger partial charge is 0.497 e. The highest BCUT2D eigenvalue weighted by Gasteiger charge is 2.25. The van der Waals surface area contributed by atoms with Crippen LogP contribution in [-0.2, 0) is 4.79 Å². The van der Waals surface area contributed by atoms with Gasteiger partial charge in [0.05, 0.1) is 26.5 Å². The fourth-order valence-corrected chi connectivity index (χ4v) is 3.32. The summed E-state index contributed by atoms with van der Waals surface area (Å²) in [6.45, 7) is 2.57. The number of benzene rings is 1. The average Bonchev–Trinajstić information content (AvgIpc) is 3.41. The third-order valence-electron chi connectivity index (χ3n) is 4.78. The monoisotopic (exact) mass is 370 g/mol. The second kappa shape index (κ2) is 9.28. The van der Waals surface area contributed by atoms with Gasteiger partial charge in [0, 0.05) is 24.3 Å². The zero-order chi connectivity index (χ0) is 19.1. The van der Waals surface area contributed by atoms with Gasteiger partial charge in [-0.2, -0.15) is 0 Å². The number of nitrogens with one attached hydrogen (secondary N) is 1. The van der Waals surface area contributed by atoms with E-state index in [2.05, 4.69) is 10.2 Å². The van der Waals surface area contributed by atoms with Gasteiger partial charge in [-0.15, -0.1) is 0 Å². The summed E-state index contributed by atoms with van der Waals surface area (Å²) in [5, 5.41) is 2.99. The molecule has 1 aromatic heterocycles. The Kier molecular flexibility index (Phi) is 6.54. The van der Waals surface area contributed by atoms with E-state index in [1.54, 1.807) is 32.6 Å². The minimum atomic E-state index is -0.149. The van der Waals surface area contributed by atoms with Crippen molar-refractivity contribution in [1.82, 2.24) is 10.2 Å². The van der Waals surface area contributed by atoms with Crippen molar-refractivity contribution < 1.29 is 18.7 Å². The Balaban J connectivity index is 1.62. The molecular weight excluding hydrogens is 344 g/mol. The predicted molar refractivity (Wildman–Crippen MR) is 104 cm³/mol. The molecule has 144 valence electrons. The van der Waals surface area contributed by atoms with Gasteiger partial charge in [-0.3, -0.25) is 9.69 Å². The van der Waals surface area contributed by atoms with Crippen molar-refractivity contribution in [1.29, 1.82) is 0 Å². The Morgan fingerprint density at radius 3 is 2.74 bits per heavy atom. The number of nitrogens with zero attached hydrogens (tertiary/aromatic N) is 1. The van der Waals surface area contributed by atoms with Gasteiger partial charge in [-0.1, -0.05) is 0 Å². The first-order valence-electron chi connectivity index (χ1n) is 9.16. The summed E-state index contributed by atoms with van der Waals surface area (Å²) in [5.74, 6) is 2.10. The molecule has 0 saturated carbocycles. The van der Waals surface area contributed by atoms with Gasteiger partial charge in [-0.25, -0.2) is 0 Å². The van der Waals surface area contributed by atoms with Gasteiger partial charge < -0.3 is 19.2 Å². The van der Waals surface area contributed by atoms with E-state index in [-0.39, 0.29) is 11.9 Å². The maximum atomic E-state index is 12.3. The predicted octanol–water partition coefficient (Wildman–Crippen LogP) is 3.26. The van der Waals surface area contributed by atoms with E-state index in [1.807, 2.05) is 24.3 Å². The number of hydrogen-bond donors (Lipinski definition) is 1. The first-order chi connectivity index (χ1) is 13.2. The summed E-state index contributed by atoms with van der Waals surface area (Å²) < 4.78 is 16.1. The topological polar surface area (TPSA) is 63.9 Å². The van der Waals surface area contributed by atoms with Crippen molar-refractivity contribution >= 4 is 12.0 Å². The number of hydrogen-bond acceptors (Lipinski definition) is 5. The number of rotatable bonds is 8. The second-order valence-electron chi connectivity index (χ2n) is 6.46. The SMILES string of the molecule is COc1ccc(/C=C/C(=O)NC[C@H](c2ccco2)N2CCCC2)c(OC)c1. The van der Waals surface area contributed by atoms with Crippen molar-refractivity contribution in [3.8, 4) is 11.5 Å². The van der Waals surface area contributed by atoms with Crippen molar-refractivity contribution in [3.05, 3.63) is 54.0 Å². The molecule has 27 heavy (non-hydrogen) atoms. The van der Waals surface area contributed by atoms with Gasteiger partial charge >= 0.3 is 0 Å². The van der Waals surface area contributed by atoms with Crippen molar-refractivity contribution in [2.45, 2.75) is 18.9 Å². The molecule has 6 heteroatoms. The molecule has 2 heterocycles. The average molecular weight is 370 g/mol. The summed E-state index contributed by atoms with van der Waals surface area (Å²) in [6, 6.07) is 9.40. The Labute approximate surface area is 159 Å². The molecule has 0 radical (unpaired) electrons. The number of furan rings is 1. The normalized spacial score (nSPS) is 15.8. The zero-order valence-electron chi connectivity index (χ0n) is 15.8. The number of carbonyl (C=O) groups excluding carboxylic acids is 1. The lowest BCUT2D eigenvalue weighted by Crippen LogP contribution is -2.36. The molecule has 1 saturated heterocycles. The molecule has 1 aromatic carbocycles. The first kappa shape index (κ1) is 19.0. The Morgan fingerprint density at radius 1 is 1.26 bits per heavy atom. The van der Waals surface area contributed by atoms with Crippen molar-refractivity contribution in [2.75, 3.05) is 33.9 Å². The lowest BCUT2D eigenvalue weighted by Gasteiger charge is -2.25. The van der Waals surface area contributed by atoms with Crippen LogP contribution in [-0.4, -0.2) is 44.7 Å². The summed E-state index contributed by atoms with van der Waals surface area (Å²) >= 11 is 0. The fourth-order valence-electron chi connectivity index (χ4n) is 3.32. The standard InChI is InChI=1S/C21H26N2O4/c1-25-17-9-7-16(20(14-17)26-2)8-10-21(24)22-15-18(19-6-5-13-27-19)23-11-3-4-12-23/h5-10,13-14,18H,3-4,11-12,15H2,1-2H3,(H,22,24)/b10-8+/t18-/m1/s1. The highest BCUT2D eigenvalue weighted by molar-refractivity contribution is 5.92. The fraction of sp³-hybridized carbons (Fsp3) is 0.381. The zero-order valence-corrected chi connectivity index (χ0v) is 15.8. The summed E-state index contributed by atoms with van der Waals surface area (Å²) in [4.78, 5) is 14.7. The van der Waals surface area contributed by atoms with Crippen LogP contribution >= 0.6 is 0 Å². The van der Waals surface area contributed by atoms with Crippen molar-refractivity contribution in [2.24, 2.45) is 0 Å². The Bertz CT molecular complexity index is 764. The van der Waals surface area contributed by atoms with Gasteiger partial charge in [0.1, 0.15) is 17.3 Å². The third kappa shape index (κ3) is 4.92. The van der Waals surface area contributed by atoms with Gasteiger partial charge in [0.25, 0.3) is 0 Å². The molecule has 0 aliphatic carbocycles. The van der Waals surface area contributed by atoms with E-state index >= 15 is 0 Å². The van der Waals surface area contributed by atoms with Crippen molar-refractivity contribution in [3.63, 3.8) is 0 Å². The molecule has 0 unspecified atom stereocenters. The minimum Gasteiger partial charge on any atom is -0.497 e. The molecule has 1 amide bonds. The molecule has 0 bridgehead atoms. The molecule has 1 fully saturated rings. The van der Waals surface area contributed by atoms with Gasteiger partial charge in [0.2, 0.25) is 5.91 Å². The van der Waals surface area contributed by atoms with E-state index in [0.29, 0.717) is 18.0 Å². The lowest BCUT2D eigenvalue weighted by molar-refractivity contribution is -0.116. The maximum absolute atomic E-state index is 12.3. The molecule has 1 aliphatic heterocycles. The minimum absolute atomic E-state index is 0.0652. The maximum Gasteiger partial charge on any atom is 0.244 e. The quantitative estimate of drug-likeness (QED) is 0.723. The molecule has 0 spiro atoms. The lowest BCUT2D eigenvalue weighted by atomic mass is 10.1. The van der Waals surface area contributed by atoms with Crippen LogP contribution in [0, 0.1) is 0 Å². The second-order valence-corrected chi connectivity index (χ2v) is 6.46. The van der Waals surface area contributed by atoms with Crippen LogP contribution in [0.3, 0.4) is 0 Å². The van der Waals surface area contributed by atoms with E-state index in [0.717, 1.165) is 24.4 Å².